The maximum absolute atomic E-state index is 12.4. The van der Waals surface area contributed by atoms with Crippen LogP contribution in [0.2, 0.25) is 0 Å². The van der Waals surface area contributed by atoms with Gasteiger partial charge in [0.25, 0.3) is 5.56 Å². The average Bonchev–Trinajstić information content (AvgIpc) is 2.88. The molecule has 108 valence electrons. The maximum Gasteiger partial charge on any atom is 0.260 e. The number of nitrogens with one attached hydrogen (secondary N) is 1. The molecule has 0 unspecified atom stereocenters. The Morgan fingerprint density at radius 1 is 1.29 bits per heavy atom. The second-order valence-electron chi connectivity index (χ2n) is 5.19. The number of rotatable bonds is 3. The van der Waals surface area contributed by atoms with E-state index in [-0.39, 0.29) is 11.4 Å². The standard InChI is InChI=1S/C16H15ClN2OS/c1-9(2)14-12(10-6-4-3-5-7-10)13-15(20)18-11(8-17)19-16(13)21-14/h3-7,9H,8H2,1-2H3,(H,18,19,20). The van der Waals surface area contributed by atoms with Gasteiger partial charge in [-0.25, -0.2) is 4.98 Å². The van der Waals surface area contributed by atoms with Gasteiger partial charge in [0.2, 0.25) is 0 Å². The third-order valence-corrected chi connectivity index (χ3v) is 4.99. The first-order chi connectivity index (χ1) is 10.1. The van der Waals surface area contributed by atoms with E-state index in [0.29, 0.717) is 17.1 Å². The van der Waals surface area contributed by atoms with Gasteiger partial charge >= 0.3 is 0 Å². The summed E-state index contributed by atoms with van der Waals surface area (Å²) < 4.78 is 0. The van der Waals surface area contributed by atoms with E-state index in [2.05, 4.69) is 23.8 Å². The molecular formula is C16H15ClN2OS. The molecule has 3 aromatic rings. The fourth-order valence-electron chi connectivity index (χ4n) is 2.43. The van der Waals surface area contributed by atoms with Crippen LogP contribution in [0.4, 0.5) is 0 Å². The van der Waals surface area contributed by atoms with E-state index in [1.54, 1.807) is 11.3 Å². The van der Waals surface area contributed by atoms with Gasteiger partial charge in [-0.3, -0.25) is 4.79 Å². The molecule has 0 saturated carbocycles. The van der Waals surface area contributed by atoms with Gasteiger partial charge in [0.1, 0.15) is 10.7 Å². The van der Waals surface area contributed by atoms with E-state index in [1.807, 2.05) is 30.3 Å². The number of benzene rings is 1. The lowest BCUT2D eigenvalue weighted by molar-refractivity contribution is 0.892. The third kappa shape index (κ3) is 2.49. The summed E-state index contributed by atoms with van der Waals surface area (Å²) in [6.07, 6.45) is 0. The van der Waals surface area contributed by atoms with Crippen LogP contribution in [0, 0.1) is 0 Å². The minimum Gasteiger partial charge on any atom is -0.309 e. The van der Waals surface area contributed by atoms with Crippen molar-refractivity contribution in [2.75, 3.05) is 0 Å². The van der Waals surface area contributed by atoms with Crippen LogP contribution in [0.3, 0.4) is 0 Å². The zero-order chi connectivity index (χ0) is 15.0. The smallest absolute Gasteiger partial charge is 0.260 e. The molecule has 0 saturated heterocycles. The minimum absolute atomic E-state index is 0.113. The predicted octanol–water partition coefficient (Wildman–Crippen LogP) is 4.51. The first-order valence-corrected chi connectivity index (χ1v) is 8.14. The van der Waals surface area contributed by atoms with Gasteiger partial charge < -0.3 is 4.98 Å². The Kier molecular flexibility index (Phi) is 3.83. The van der Waals surface area contributed by atoms with Crippen molar-refractivity contribution in [2.45, 2.75) is 25.6 Å². The molecule has 2 heterocycles. The van der Waals surface area contributed by atoms with Gasteiger partial charge in [-0.2, -0.15) is 0 Å². The van der Waals surface area contributed by atoms with E-state index < -0.39 is 0 Å². The number of alkyl halides is 1. The second kappa shape index (κ2) is 5.62. The van der Waals surface area contributed by atoms with Crippen molar-refractivity contribution >= 4 is 33.2 Å². The van der Waals surface area contributed by atoms with Crippen molar-refractivity contribution < 1.29 is 0 Å². The van der Waals surface area contributed by atoms with Gasteiger partial charge in [0.05, 0.1) is 11.3 Å². The van der Waals surface area contributed by atoms with Gasteiger partial charge in [-0.15, -0.1) is 22.9 Å². The lowest BCUT2D eigenvalue weighted by Crippen LogP contribution is -2.10. The summed E-state index contributed by atoms with van der Waals surface area (Å²) >= 11 is 7.38. The quantitative estimate of drug-likeness (QED) is 0.722. The molecule has 5 heteroatoms. The Hall–Kier alpha value is -1.65. The van der Waals surface area contributed by atoms with Crippen LogP contribution in [0.5, 0.6) is 0 Å². The Morgan fingerprint density at radius 2 is 2.00 bits per heavy atom. The molecule has 3 rings (SSSR count). The highest BCUT2D eigenvalue weighted by atomic mass is 35.5. The van der Waals surface area contributed by atoms with Crippen molar-refractivity contribution in [1.82, 2.24) is 9.97 Å². The minimum atomic E-state index is -0.113. The molecule has 0 spiro atoms. The van der Waals surface area contributed by atoms with E-state index >= 15 is 0 Å². The first kappa shape index (κ1) is 14.3. The molecule has 21 heavy (non-hydrogen) atoms. The zero-order valence-corrected chi connectivity index (χ0v) is 13.4. The molecule has 3 nitrogen and oxygen atoms in total. The van der Waals surface area contributed by atoms with Crippen molar-refractivity contribution in [3.05, 3.63) is 51.4 Å². The van der Waals surface area contributed by atoms with Crippen molar-refractivity contribution in [2.24, 2.45) is 0 Å². The van der Waals surface area contributed by atoms with E-state index in [9.17, 15) is 4.79 Å². The predicted molar refractivity (Wildman–Crippen MR) is 89.3 cm³/mol. The fourth-order valence-corrected chi connectivity index (χ4v) is 3.78. The van der Waals surface area contributed by atoms with Crippen LogP contribution in [0.25, 0.3) is 21.3 Å². The molecule has 0 aliphatic heterocycles. The van der Waals surface area contributed by atoms with Gasteiger partial charge in [0.15, 0.2) is 0 Å². The summed E-state index contributed by atoms with van der Waals surface area (Å²) in [5.74, 6) is 1.06. The molecule has 0 amide bonds. The highest BCUT2D eigenvalue weighted by molar-refractivity contribution is 7.19. The molecule has 1 aromatic carbocycles. The van der Waals surface area contributed by atoms with Gasteiger partial charge in [-0.1, -0.05) is 44.2 Å². The van der Waals surface area contributed by atoms with Gasteiger partial charge in [0, 0.05) is 10.4 Å². The maximum atomic E-state index is 12.4. The summed E-state index contributed by atoms with van der Waals surface area (Å²) in [4.78, 5) is 21.6. The highest BCUT2D eigenvalue weighted by Crippen LogP contribution is 2.40. The lowest BCUT2D eigenvalue weighted by Gasteiger charge is -2.07. The molecule has 0 atom stereocenters. The Morgan fingerprint density at radius 3 is 2.62 bits per heavy atom. The summed E-state index contributed by atoms with van der Waals surface area (Å²) in [5.41, 5.74) is 1.94. The Balaban J connectivity index is 2.41. The number of nitrogens with zero attached hydrogens (tertiary/aromatic N) is 1. The number of aromatic nitrogens is 2. The van der Waals surface area contributed by atoms with E-state index in [0.717, 1.165) is 16.0 Å². The highest BCUT2D eigenvalue weighted by Gasteiger charge is 2.20. The van der Waals surface area contributed by atoms with Crippen molar-refractivity contribution in [1.29, 1.82) is 0 Å². The fraction of sp³-hybridized carbons (Fsp3) is 0.250. The molecule has 0 aliphatic carbocycles. The summed E-state index contributed by atoms with van der Waals surface area (Å²) in [6, 6.07) is 10.0. The summed E-state index contributed by atoms with van der Waals surface area (Å²) in [6.45, 7) is 4.27. The largest absolute Gasteiger partial charge is 0.309 e. The summed E-state index contributed by atoms with van der Waals surface area (Å²) in [5, 5.41) is 0.670. The summed E-state index contributed by atoms with van der Waals surface area (Å²) in [7, 11) is 0. The van der Waals surface area contributed by atoms with E-state index in [1.165, 1.54) is 4.88 Å². The second-order valence-corrected chi connectivity index (χ2v) is 6.49. The van der Waals surface area contributed by atoms with Crippen LogP contribution in [-0.4, -0.2) is 9.97 Å². The number of thiophene rings is 1. The number of fused-ring (bicyclic) bond motifs is 1. The molecule has 0 radical (unpaired) electrons. The molecule has 1 N–H and O–H groups in total. The number of halogens is 1. The van der Waals surface area contributed by atoms with Crippen LogP contribution < -0.4 is 5.56 Å². The van der Waals surface area contributed by atoms with Crippen LogP contribution in [0.15, 0.2) is 35.1 Å². The SMILES string of the molecule is CC(C)c1sc2nc(CCl)[nH]c(=O)c2c1-c1ccccc1. The Bertz CT molecular complexity index is 837. The van der Waals surface area contributed by atoms with Crippen LogP contribution in [-0.2, 0) is 5.88 Å². The zero-order valence-electron chi connectivity index (χ0n) is 11.8. The first-order valence-electron chi connectivity index (χ1n) is 6.78. The topological polar surface area (TPSA) is 45.8 Å². The number of hydrogen-bond acceptors (Lipinski definition) is 3. The average molecular weight is 319 g/mol. The molecule has 0 fully saturated rings. The molecular weight excluding hydrogens is 304 g/mol. The number of H-pyrrole nitrogens is 1. The lowest BCUT2D eigenvalue weighted by atomic mass is 9.99. The molecule has 2 aromatic heterocycles. The van der Waals surface area contributed by atoms with Crippen molar-refractivity contribution in [3.63, 3.8) is 0 Å². The Labute approximate surface area is 131 Å². The number of hydrogen-bond donors (Lipinski definition) is 1. The van der Waals surface area contributed by atoms with Crippen LogP contribution in [0.1, 0.15) is 30.5 Å². The van der Waals surface area contributed by atoms with Crippen LogP contribution >= 0.6 is 22.9 Å². The van der Waals surface area contributed by atoms with Crippen molar-refractivity contribution in [3.8, 4) is 11.1 Å². The normalized spacial score (nSPS) is 11.4. The van der Waals surface area contributed by atoms with Gasteiger partial charge in [-0.05, 0) is 11.5 Å². The molecule has 0 aliphatic rings. The monoisotopic (exact) mass is 318 g/mol. The third-order valence-electron chi connectivity index (χ3n) is 3.35. The molecule has 0 bridgehead atoms. The number of aromatic amines is 1. The van der Waals surface area contributed by atoms with E-state index in [4.69, 9.17) is 11.6 Å².